The average Bonchev–Trinajstić information content (AvgIpc) is 3.68. The van der Waals surface area contributed by atoms with Crippen LogP contribution in [0.3, 0.4) is 0 Å². The summed E-state index contributed by atoms with van der Waals surface area (Å²) in [6.07, 6.45) is 10.7. The van der Waals surface area contributed by atoms with E-state index in [1.54, 1.807) is 6.20 Å². The third-order valence-electron chi connectivity index (χ3n) is 9.29. The van der Waals surface area contributed by atoms with Gasteiger partial charge in [0.25, 0.3) is 5.91 Å². The molecule has 2 aromatic carbocycles. The standard InChI is InChI=1S/C34H37N5O2/c1-22-21-34(14-17-39(2)18-15-34)41-30-13-11-24(19-26(22)30)31-27-20-25(10-12-28(27)37-38-31)33(40)36-32(23-7-3-4-8-23)29-9-5-6-16-35-29/h5-6,9-13,16,19-21,23,32H,3-4,7-8,14-15,17-18H2,1-2H3,(H,36,40)(H,37,38). The van der Waals surface area contributed by atoms with Crippen molar-refractivity contribution in [3.63, 3.8) is 0 Å². The van der Waals surface area contributed by atoms with Crippen molar-refractivity contribution in [2.75, 3.05) is 20.1 Å². The first-order valence-electron chi connectivity index (χ1n) is 14.9. The number of rotatable bonds is 5. The Morgan fingerprint density at radius 1 is 1.10 bits per heavy atom. The fraction of sp³-hybridized carbons (Fsp3) is 0.382. The van der Waals surface area contributed by atoms with Crippen molar-refractivity contribution in [1.29, 1.82) is 0 Å². The SMILES string of the molecule is CC1=CC2(CCN(C)CC2)Oc2ccc(-c3n[nH]c4ccc(C(=O)NC(c5ccccn5)C5CCCC5)cc34)cc21. The van der Waals surface area contributed by atoms with Crippen molar-refractivity contribution in [1.82, 2.24) is 25.4 Å². The molecule has 1 aliphatic carbocycles. The van der Waals surface area contributed by atoms with Gasteiger partial charge in [-0.3, -0.25) is 14.9 Å². The molecule has 7 rings (SSSR count). The van der Waals surface area contributed by atoms with E-state index in [0.29, 0.717) is 11.5 Å². The number of nitrogens with one attached hydrogen (secondary N) is 2. The van der Waals surface area contributed by atoms with Crippen LogP contribution in [-0.2, 0) is 0 Å². The zero-order valence-electron chi connectivity index (χ0n) is 23.8. The summed E-state index contributed by atoms with van der Waals surface area (Å²) in [6.45, 7) is 4.25. The van der Waals surface area contributed by atoms with Gasteiger partial charge in [-0.05, 0) is 92.9 Å². The van der Waals surface area contributed by atoms with Gasteiger partial charge in [0, 0.05) is 54.2 Å². The van der Waals surface area contributed by atoms with Gasteiger partial charge in [-0.1, -0.05) is 18.9 Å². The van der Waals surface area contributed by atoms with Crippen LogP contribution in [0.15, 0.2) is 66.9 Å². The van der Waals surface area contributed by atoms with Crippen LogP contribution in [0, 0.1) is 5.92 Å². The summed E-state index contributed by atoms with van der Waals surface area (Å²) in [7, 11) is 2.17. The van der Waals surface area contributed by atoms with E-state index in [4.69, 9.17) is 4.74 Å². The number of nitrogens with zero attached hydrogens (tertiary/aromatic N) is 3. The van der Waals surface area contributed by atoms with E-state index >= 15 is 0 Å². The fourth-order valence-electron chi connectivity index (χ4n) is 6.92. The topological polar surface area (TPSA) is 83.1 Å². The summed E-state index contributed by atoms with van der Waals surface area (Å²) in [5, 5.41) is 12.1. The highest BCUT2D eigenvalue weighted by Crippen LogP contribution is 2.42. The van der Waals surface area contributed by atoms with Gasteiger partial charge in [0.05, 0.1) is 22.9 Å². The van der Waals surface area contributed by atoms with Crippen molar-refractivity contribution in [3.8, 4) is 17.0 Å². The van der Waals surface area contributed by atoms with Crippen molar-refractivity contribution >= 4 is 22.4 Å². The zero-order valence-corrected chi connectivity index (χ0v) is 23.8. The third kappa shape index (κ3) is 4.93. The Labute approximate surface area is 241 Å². The van der Waals surface area contributed by atoms with Crippen LogP contribution in [-0.4, -0.2) is 51.7 Å². The fourth-order valence-corrected chi connectivity index (χ4v) is 6.92. The van der Waals surface area contributed by atoms with Crippen LogP contribution in [0.4, 0.5) is 0 Å². The predicted octanol–water partition coefficient (Wildman–Crippen LogP) is 6.55. The highest BCUT2D eigenvalue weighted by Gasteiger charge is 2.37. The number of likely N-dealkylation sites (tertiary alicyclic amines) is 1. The highest BCUT2D eigenvalue weighted by atomic mass is 16.5. The number of carbonyl (C=O) groups excluding carboxylic acids is 1. The number of fused-ring (bicyclic) bond motifs is 2. The molecule has 0 radical (unpaired) electrons. The molecule has 2 fully saturated rings. The number of pyridine rings is 1. The maximum Gasteiger partial charge on any atom is 0.251 e. The molecule has 1 unspecified atom stereocenters. The Balaban J connectivity index is 1.17. The number of carbonyl (C=O) groups is 1. The molecule has 7 heteroatoms. The lowest BCUT2D eigenvalue weighted by atomic mass is 9.85. The summed E-state index contributed by atoms with van der Waals surface area (Å²) >= 11 is 0. The molecule has 1 amide bonds. The second kappa shape index (κ2) is 10.5. The van der Waals surface area contributed by atoms with Gasteiger partial charge < -0.3 is 15.0 Å². The largest absolute Gasteiger partial charge is 0.482 e. The summed E-state index contributed by atoms with van der Waals surface area (Å²) < 4.78 is 6.62. The Morgan fingerprint density at radius 3 is 2.71 bits per heavy atom. The highest BCUT2D eigenvalue weighted by molar-refractivity contribution is 6.01. The summed E-state index contributed by atoms with van der Waals surface area (Å²) in [4.78, 5) is 20.6. The minimum atomic E-state index is -0.210. The van der Waals surface area contributed by atoms with E-state index in [1.165, 1.54) is 18.4 Å². The first-order valence-corrected chi connectivity index (χ1v) is 14.9. The molecular formula is C34H37N5O2. The van der Waals surface area contributed by atoms with Crippen LogP contribution >= 0.6 is 0 Å². The molecule has 4 heterocycles. The lowest BCUT2D eigenvalue weighted by Crippen LogP contribution is -2.46. The average molecular weight is 548 g/mol. The van der Waals surface area contributed by atoms with Crippen molar-refractivity contribution in [3.05, 3.63) is 83.7 Å². The number of hydrogen-bond acceptors (Lipinski definition) is 5. The quantitative estimate of drug-likeness (QED) is 0.296. The molecule has 1 atom stereocenters. The van der Waals surface area contributed by atoms with Crippen LogP contribution in [0.5, 0.6) is 5.75 Å². The number of amides is 1. The summed E-state index contributed by atoms with van der Waals surface area (Å²) in [5.74, 6) is 1.26. The predicted molar refractivity (Wildman–Crippen MR) is 162 cm³/mol. The molecule has 2 aromatic heterocycles. The molecule has 0 bridgehead atoms. The van der Waals surface area contributed by atoms with Gasteiger partial charge >= 0.3 is 0 Å². The van der Waals surface area contributed by atoms with Gasteiger partial charge in [-0.25, -0.2) is 0 Å². The Kier molecular flexibility index (Phi) is 6.62. The second-order valence-corrected chi connectivity index (χ2v) is 12.1. The number of aromatic amines is 1. The maximum atomic E-state index is 13.6. The molecule has 2 N–H and O–H groups in total. The first-order chi connectivity index (χ1) is 20.0. The molecule has 1 spiro atoms. The van der Waals surface area contributed by atoms with Crippen molar-refractivity contribution < 1.29 is 9.53 Å². The van der Waals surface area contributed by atoms with Gasteiger partial charge in [0.2, 0.25) is 0 Å². The lowest BCUT2D eigenvalue weighted by molar-refractivity contribution is 0.0467. The normalized spacial score (nSPS) is 19.5. The van der Waals surface area contributed by atoms with E-state index in [1.807, 2.05) is 36.4 Å². The number of allylic oxidation sites excluding steroid dienone is 1. The summed E-state index contributed by atoms with van der Waals surface area (Å²) in [6, 6.07) is 18.0. The van der Waals surface area contributed by atoms with Crippen LogP contribution < -0.4 is 10.1 Å². The molecule has 3 aliphatic rings. The summed E-state index contributed by atoms with van der Waals surface area (Å²) in [5.41, 5.74) is 6.43. The van der Waals surface area contributed by atoms with E-state index in [0.717, 1.165) is 77.9 Å². The van der Waals surface area contributed by atoms with Gasteiger partial charge in [0.15, 0.2) is 0 Å². The number of piperidine rings is 1. The van der Waals surface area contributed by atoms with E-state index in [2.05, 4.69) is 63.6 Å². The molecule has 2 aliphatic heterocycles. The number of hydrogen-bond donors (Lipinski definition) is 2. The van der Waals surface area contributed by atoms with Crippen molar-refractivity contribution in [2.24, 2.45) is 5.92 Å². The van der Waals surface area contributed by atoms with Crippen LogP contribution in [0.2, 0.25) is 0 Å². The van der Waals surface area contributed by atoms with Gasteiger partial charge in [-0.15, -0.1) is 0 Å². The lowest BCUT2D eigenvalue weighted by Gasteiger charge is -2.42. The molecule has 1 saturated carbocycles. The van der Waals surface area contributed by atoms with E-state index in [9.17, 15) is 4.79 Å². The first kappa shape index (κ1) is 26.0. The molecule has 1 saturated heterocycles. The minimum Gasteiger partial charge on any atom is -0.482 e. The van der Waals surface area contributed by atoms with Crippen molar-refractivity contribution in [2.45, 2.75) is 57.1 Å². The maximum absolute atomic E-state index is 13.6. The van der Waals surface area contributed by atoms with Crippen LogP contribution in [0.25, 0.3) is 27.7 Å². The number of benzene rings is 2. The molecule has 4 aromatic rings. The Morgan fingerprint density at radius 2 is 1.93 bits per heavy atom. The number of ether oxygens (including phenoxy) is 1. The Hall–Kier alpha value is -3.97. The van der Waals surface area contributed by atoms with Gasteiger partial charge in [0.1, 0.15) is 11.4 Å². The number of aromatic nitrogens is 3. The molecular weight excluding hydrogens is 510 g/mol. The Bertz CT molecular complexity index is 1610. The number of H-pyrrole nitrogens is 1. The third-order valence-corrected chi connectivity index (χ3v) is 9.29. The smallest absolute Gasteiger partial charge is 0.251 e. The van der Waals surface area contributed by atoms with E-state index in [-0.39, 0.29) is 17.6 Å². The molecule has 41 heavy (non-hydrogen) atoms. The zero-order chi connectivity index (χ0) is 28.0. The molecule has 210 valence electrons. The van der Waals surface area contributed by atoms with Gasteiger partial charge in [-0.2, -0.15) is 5.10 Å². The van der Waals surface area contributed by atoms with Crippen LogP contribution in [0.1, 0.15) is 73.1 Å². The van der Waals surface area contributed by atoms with E-state index < -0.39 is 0 Å². The minimum absolute atomic E-state index is 0.0809. The second-order valence-electron chi connectivity index (χ2n) is 12.1. The molecule has 7 nitrogen and oxygen atoms in total. The monoisotopic (exact) mass is 547 g/mol.